The summed E-state index contributed by atoms with van der Waals surface area (Å²) in [6.07, 6.45) is 2.11. The van der Waals surface area contributed by atoms with E-state index in [4.69, 9.17) is 14.2 Å². The van der Waals surface area contributed by atoms with Crippen LogP contribution in [0.3, 0.4) is 0 Å². The maximum atomic E-state index is 14.8. The zero-order chi connectivity index (χ0) is 25.0. The van der Waals surface area contributed by atoms with Crippen molar-refractivity contribution in [2.45, 2.75) is 50.5 Å². The Morgan fingerprint density at radius 2 is 1.83 bits per heavy atom. The maximum Gasteiger partial charge on any atom is 0.414 e. The molecule has 2 amide bonds. The topological polar surface area (TPSA) is 128 Å². The molecule has 1 aliphatic carbocycles. The van der Waals surface area contributed by atoms with E-state index in [1.165, 1.54) is 11.0 Å². The summed E-state index contributed by atoms with van der Waals surface area (Å²) in [4.78, 5) is 37.2. The molecule has 192 valence electrons. The van der Waals surface area contributed by atoms with Crippen molar-refractivity contribution in [3.05, 3.63) is 29.6 Å². The lowest BCUT2D eigenvalue weighted by atomic mass is 9.93. The normalized spacial score (nSPS) is 22.6. The van der Waals surface area contributed by atoms with Crippen molar-refractivity contribution in [1.82, 2.24) is 5.32 Å². The number of carbonyl (C=O) groups excluding carboxylic acids is 3. The Hall–Kier alpha value is -2.89. The van der Waals surface area contributed by atoms with E-state index in [0.29, 0.717) is 24.1 Å². The molecule has 0 bridgehead atoms. The van der Waals surface area contributed by atoms with Crippen molar-refractivity contribution in [3.63, 3.8) is 0 Å². The summed E-state index contributed by atoms with van der Waals surface area (Å²) in [6.45, 7) is -0.429. The Morgan fingerprint density at radius 1 is 1.11 bits per heavy atom. The van der Waals surface area contributed by atoms with E-state index in [2.05, 4.69) is 5.32 Å². The number of halogens is 1. The average molecular weight is 513 g/mol. The molecule has 1 atom stereocenters. The molecule has 4 rings (SSSR count). The number of sulfone groups is 1. The van der Waals surface area contributed by atoms with Crippen molar-refractivity contribution in [2.24, 2.45) is 5.92 Å². The van der Waals surface area contributed by atoms with Gasteiger partial charge in [0.25, 0.3) is 0 Å². The first-order valence-corrected chi connectivity index (χ1v) is 13.6. The molecule has 1 saturated carbocycles. The van der Waals surface area contributed by atoms with Gasteiger partial charge in [-0.25, -0.2) is 22.4 Å². The minimum absolute atomic E-state index is 0.0330. The molecule has 2 heterocycles. The molecular formula is C23H29FN2O8S. The number of hydrogen-bond acceptors (Lipinski definition) is 8. The fourth-order valence-corrected chi connectivity index (χ4v) is 6.21. The summed E-state index contributed by atoms with van der Waals surface area (Å²) in [5, 5.41) is 2.45. The van der Waals surface area contributed by atoms with E-state index in [0.717, 1.165) is 25.7 Å². The number of benzene rings is 1. The Bertz CT molecular complexity index is 1060. The second-order valence-corrected chi connectivity index (χ2v) is 11.4. The first-order valence-electron chi connectivity index (χ1n) is 11.8. The Morgan fingerprint density at radius 3 is 2.51 bits per heavy atom. The number of amides is 2. The first-order chi connectivity index (χ1) is 16.7. The Labute approximate surface area is 203 Å². The van der Waals surface area contributed by atoms with Crippen molar-refractivity contribution >= 4 is 33.7 Å². The summed E-state index contributed by atoms with van der Waals surface area (Å²) < 4.78 is 53.1. The van der Waals surface area contributed by atoms with Crippen LogP contribution in [0, 0.1) is 11.7 Å². The molecule has 0 radical (unpaired) electrons. The highest BCUT2D eigenvalue weighted by molar-refractivity contribution is 7.91. The lowest BCUT2D eigenvalue weighted by molar-refractivity contribution is -0.156. The predicted molar refractivity (Wildman–Crippen MR) is 122 cm³/mol. The van der Waals surface area contributed by atoms with Gasteiger partial charge < -0.3 is 19.5 Å². The smallest absolute Gasteiger partial charge is 0.414 e. The van der Waals surface area contributed by atoms with Crippen LogP contribution in [0.25, 0.3) is 0 Å². The van der Waals surface area contributed by atoms with Crippen molar-refractivity contribution in [1.29, 1.82) is 0 Å². The predicted octanol–water partition coefficient (Wildman–Crippen LogP) is 2.86. The molecule has 0 unspecified atom stereocenters. The second kappa shape index (κ2) is 10.8. The maximum absolute atomic E-state index is 14.8. The third-order valence-electron chi connectivity index (χ3n) is 6.72. The quantitative estimate of drug-likeness (QED) is 0.436. The van der Waals surface area contributed by atoms with Gasteiger partial charge in [0.15, 0.2) is 0 Å². The van der Waals surface area contributed by atoms with Crippen molar-refractivity contribution in [3.8, 4) is 0 Å². The number of carbonyl (C=O) groups is 3. The molecular weight excluding hydrogens is 483 g/mol. The van der Waals surface area contributed by atoms with Crippen LogP contribution < -0.4 is 10.2 Å². The molecule has 3 aliphatic rings. The molecule has 1 aromatic rings. The van der Waals surface area contributed by atoms with Gasteiger partial charge >= 0.3 is 18.2 Å². The SMILES string of the molecule is O=C(NC[C@H]1CN(c2ccc(C3CCS(=O)(=O)CC3)c(F)c2)C(=O)O1)OCOC(=O)C1CCCC1. The summed E-state index contributed by atoms with van der Waals surface area (Å²) in [5.41, 5.74) is 0.745. The van der Waals surface area contributed by atoms with Gasteiger partial charge in [-0.15, -0.1) is 0 Å². The zero-order valence-corrected chi connectivity index (χ0v) is 20.1. The van der Waals surface area contributed by atoms with Gasteiger partial charge in [-0.05, 0) is 49.3 Å². The standard InChI is InChI=1S/C23H29FN2O8S/c24-20-11-17(5-6-19(20)15-7-9-35(30,31)10-8-15)26-13-18(34-23(26)29)12-25-22(28)33-14-32-21(27)16-3-1-2-4-16/h5-6,11,15-16,18H,1-4,7-10,12-14H2,(H,25,28)/t18-/m0/s1. The van der Waals surface area contributed by atoms with Crippen LogP contribution in [-0.4, -0.2) is 64.1 Å². The highest BCUT2D eigenvalue weighted by Gasteiger charge is 2.34. The molecule has 35 heavy (non-hydrogen) atoms. The van der Waals surface area contributed by atoms with Crippen LogP contribution >= 0.6 is 0 Å². The number of esters is 1. The monoisotopic (exact) mass is 512 g/mol. The number of cyclic esters (lactones) is 1. The van der Waals surface area contributed by atoms with Gasteiger partial charge in [-0.3, -0.25) is 9.69 Å². The second-order valence-electron chi connectivity index (χ2n) is 9.12. The number of alkyl carbamates (subject to hydrolysis) is 1. The number of rotatable bonds is 7. The Kier molecular flexibility index (Phi) is 7.78. The molecule has 12 heteroatoms. The molecule has 1 N–H and O–H groups in total. The van der Waals surface area contributed by atoms with Crippen LogP contribution in [0.1, 0.15) is 50.0 Å². The summed E-state index contributed by atoms with van der Waals surface area (Å²) in [7, 11) is -3.05. The number of anilines is 1. The third kappa shape index (κ3) is 6.41. The van der Waals surface area contributed by atoms with Crippen LogP contribution in [0.4, 0.5) is 19.7 Å². The van der Waals surface area contributed by atoms with E-state index in [-0.39, 0.29) is 42.4 Å². The molecule has 0 aromatic heterocycles. The van der Waals surface area contributed by atoms with Crippen LogP contribution in [0.15, 0.2) is 18.2 Å². The fourth-order valence-electron chi connectivity index (χ4n) is 4.72. The molecule has 3 fully saturated rings. The number of nitrogens with one attached hydrogen (secondary N) is 1. The molecule has 2 aliphatic heterocycles. The van der Waals surface area contributed by atoms with Crippen LogP contribution in [0.5, 0.6) is 0 Å². The van der Waals surface area contributed by atoms with Crippen LogP contribution in [0.2, 0.25) is 0 Å². The van der Waals surface area contributed by atoms with E-state index in [1.807, 2.05) is 0 Å². The minimum atomic E-state index is -3.05. The number of ether oxygens (including phenoxy) is 3. The number of nitrogens with zero attached hydrogens (tertiary/aromatic N) is 1. The molecule has 0 spiro atoms. The zero-order valence-electron chi connectivity index (χ0n) is 19.2. The summed E-state index contributed by atoms with van der Waals surface area (Å²) in [6, 6.07) is 4.42. The van der Waals surface area contributed by atoms with E-state index < -0.39 is 40.7 Å². The summed E-state index contributed by atoms with van der Waals surface area (Å²) in [5.74, 6) is -1.12. The van der Waals surface area contributed by atoms with Gasteiger partial charge in [-0.2, -0.15) is 0 Å². The first kappa shape index (κ1) is 25.2. The lowest BCUT2D eigenvalue weighted by Crippen LogP contribution is -2.35. The van der Waals surface area contributed by atoms with E-state index >= 15 is 0 Å². The lowest BCUT2D eigenvalue weighted by Gasteiger charge is -2.23. The molecule has 10 nitrogen and oxygen atoms in total. The Balaban J connectivity index is 1.23. The van der Waals surface area contributed by atoms with Crippen molar-refractivity contribution in [2.75, 3.05) is 36.3 Å². The molecule has 2 saturated heterocycles. The van der Waals surface area contributed by atoms with Crippen LogP contribution in [-0.2, 0) is 28.8 Å². The number of hydrogen-bond donors (Lipinski definition) is 1. The minimum Gasteiger partial charge on any atom is -0.442 e. The van der Waals surface area contributed by atoms with Gasteiger partial charge in [0, 0.05) is 0 Å². The third-order valence-corrected chi connectivity index (χ3v) is 8.43. The van der Waals surface area contributed by atoms with Gasteiger partial charge in [-0.1, -0.05) is 18.9 Å². The van der Waals surface area contributed by atoms with E-state index in [9.17, 15) is 27.2 Å². The van der Waals surface area contributed by atoms with E-state index in [1.54, 1.807) is 12.1 Å². The largest absolute Gasteiger partial charge is 0.442 e. The highest BCUT2D eigenvalue weighted by Crippen LogP contribution is 2.33. The van der Waals surface area contributed by atoms with Gasteiger partial charge in [0.1, 0.15) is 21.8 Å². The molecule has 1 aromatic carbocycles. The average Bonchev–Trinajstić information content (AvgIpc) is 3.48. The summed E-state index contributed by atoms with van der Waals surface area (Å²) >= 11 is 0. The fraction of sp³-hybridized carbons (Fsp3) is 0.609. The van der Waals surface area contributed by atoms with Crippen molar-refractivity contribution < 1.29 is 41.4 Å². The highest BCUT2D eigenvalue weighted by atomic mass is 32.2. The van der Waals surface area contributed by atoms with Gasteiger partial charge in [0.2, 0.25) is 6.79 Å². The van der Waals surface area contributed by atoms with Gasteiger partial charge in [0.05, 0.1) is 36.2 Å².